The first-order valence-electron chi connectivity index (χ1n) is 10.8. The van der Waals surface area contributed by atoms with Crippen LogP contribution in [0, 0.1) is 23.0 Å². The third-order valence-electron chi connectivity index (χ3n) is 6.56. The minimum absolute atomic E-state index is 0.0507. The fourth-order valence-electron chi connectivity index (χ4n) is 5.13. The summed E-state index contributed by atoms with van der Waals surface area (Å²) >= 11 is 0. The number of nitriles is 1. The second-order valence-electron chi connectivity index (χ2n) is 8.58. The molecule has 5 heterocycles. The molecule has 8 nitrogen and oxygen atoms in total. The van der Waals surface area contributed by atoms with Gasteiger partial charge in [0, 0.05) is 59.7 Å². The average Bonchev–Trinajstić information content (AvgIpc) is 3.49. The molecule has 10 heteroatoms. The summed E-state index contributed by atoms with van der Waals surface area (Å²) in [5.74, 6) is -1.82. The molecule has 170 valence electrons. The van der Waals surface area contributed by atoms with Crippen molar-refractivity contribution in [1.82, 2.24) is 24.5 Å². The van der Waals surface area contributed by atoms with E-state index < -0.39 is 17.7 Å². The van der Waals surface area contributed by atoms with Crippen LogP contribution in [0.3, 0.4) is 0 Å². The lowest BCUT2D eigenvalue weighted by atomic mass is 9.87. The summed E-state index contributed by atoms with van der Waals surface area (Å²) in [6.07, 6.45) is 3.28. The number of hydrogen-bond donors (Lipinski definition) is 1. The molecule has 2 aliphatic heterocycles. The van der Waals surface area contributed by atoms with E-state index >= 15 is 4.39 Å². The Hall–Kier alpha value is -4.26. The van der Waals surface area contributed by atoms with Gasteiger partial charge in [0.2, 0.25) is 0 Å². The second kappa shape index (κ2) is 7.12. The fraction of sp³-hybridized carbons (Fsp3) is 0.250. The first-order valence-corrected chi connectivity index (χ1v) is 10.8. The Morgan fingerprint density at radius 2 is 2.09 bits per heavy atom. The first kappa shape index (κ1) is 20.4. The maximum atomic E-state index is 15.2. The highest BCUT2D eigenvalue weighted by atomic mass is 19.2. The normalized spacial score (nSPS) is 18.1. The molecule has 6 rings (SSSR count). The number of rotatable bonds is 0. The number of aryl methyl sites for hydroxylation is 2. The van der Waals surface area contributed by atoms with Gasteiger partial charge in [0.05, 0.1) is 11.4 Å². The van der Waals surface area contributed by atoms with Gasteiger partial charge in [-0.2, -0.15) is 15.5 Å². The highest BCUT2D eigenvalue weighted by Crippen LogP contribution is 2.47. The van der Waals surface area contributed by atoms with Crippen LogP contribution in [-0.4, -0.2) is 24.5 Å². The summed E-state index contributed by atoms with van der Waals surface area (Å²) in [7, 11) is 1.78. The maximum Gasteiger partial charge on any atom is 0.170 e. The molecule has 0 spiro atoms. The van der Waals surface area contributed by atoms with Crippen LogP contribution in [0.1, 0.15) is 47.9 Å². The molecule has 4 aromatic rings. The molecule has 1 unspecified atom stereocenters. The minimum Gasteiger partial charge on any atom is -0.482 e. The summed E-state index contributed by atoms with van der Waals surface area (Å²) in [5, 5.41) is 19.0. The number of nitrogens with two attached hydrogens (primary N) is 1. The largest absolute Gasteiger partial charge is 0.482 e. The van der Waals surface area contributed by atoms with Crippen LogP contribution in [0.15, 0.2) is 30.6 Å². The highest BCUT2D eigenvalue weighted by molar-refractivity contribution is 5.77. The van der Waals surface area contributed by atoms with Crippen LogP contribution in [0.25, 0.3) is 22.4 Å². The van der Waals surface area contributed by atoms with E-state index in [4.69, 9.17) is 10.5 Å². The van der Waals surface area contributed by atoms with E-state index in [1.165, 1.54) is 6.07 Å². The van der Waals surface area contributed by atoms with Crippen molar-refractivity contribution in [2.24, 2.45) is 7.05 Å². The van der Waals surface area contributed by atoms with Crippen LogP contribution in [0.4, 0.5) is 14.6 Å². The number of ether oxygens (including phenoxy) is 1. The lowest BCUT2D eigenvalue weighted by Gasteiger charge is -2.22. The number of nitrogen functional groups attached to an aromatic ring is 1. The number of halogens is 2. The van der Waals surface area contributed by atoms with Crippen LogP contribution in [-0.2, 0) is 13.6 Å². The average molecular weight is 459 g/mol. The van der Waals surface area contributed by atoms with E-state index in [9.17, 15) is 9.65 Å². The fourth-order valence-corrected chi connectivity index (χ4v) is 5.13. The van der Waals surface area contributed by atoms with Gasteiger partial charge in [-0.3, -0.25) is 9.36 Å². The Kier molecular flexibility index (Phi) is 4.26. The maximum absolute atomic E-state index is 15.2. The quantitative estimate of drug-likeness (QED) is 0.425. The Balaban J connectivity index is 1.73. The molecule has 2 N–H and O–H groups in total. The van der Waals surface area contributed by atoms with Crippen LogP contribution >= 0.6 is 0 Å². The predicted octanol–water partition coefficient (Wildman–Crippen LogP) is 4.07. The van der Waals surface area contributed by atoms with Gasteiger partial charge in [-0.05, 0) is 31.5 Å². The van der Waals surface area contributed by atoms with Crippen molar-refractivity contribution in [3.8, 4) is 34.2 Å². The zero-order valence-electron chi connectivity index (χ0n) is 18.4. The topological polar surface area (TPSA) is 108 Å². The molecule has 0 radical (unpaired) electrons. The van der Waals surface area contributed by atoms with E-state index in [1.807, 2.05) is 10.9 Å². The molecule has 2 bridgehead atoms. The Morgan fingerprint density at radius 3 is 2.88 bits per heavy atom. The molecule has 0 aliphatic carbocycles. The van der Waals surface area contributed by atoms with Crippen molar-refractivity contribution in [1.29, 1.82) is 5.26 Å². The van der Waals surface area contributed by atoms with Crippen LogP contribution in [0.5, 0.6) is 5.75 Å². The molecular formula is C24H19F2N7O. The zero-order chi connectivity index (χ0) is 23.7. The molecular weight excluding hydrogens is 440 g/mol. The minimum atomic E-state index is -0.995. The van der Waals surface area contributed by atoms with Crippen molar-refractivity contribution in [2.75, 3.05) is 5.73 Å². The Morgan fingerprint density at radius 1 is 1.26 bits per heavy atom. The Labute approximate surface area is 193 Å². The Bertz CT molecular complexity index is 1530. The van der Waals surface area contributed by atoms with Crippen molar-refractivity contribution in [3.05, 3.63) is 64.7 Å². The lowest BCUT2D eigenvalue weighted by Crippen LogP contribution is -2.12. The van der Waals surface area contributed by atoms with Gasteiger partial charge in [0.15, 0.2) is 28.9 Å². The van der Waals surface area contributed by atoms with Gasteiger partial charge in [-0.1, -0.05) is 0 Å². The van der Waals surface area contributed by atoms with Crippen molar-refractivity contribution in [2.45, 2.75) is 31.9 Å². The molecule has 2 atom stereocenters. The first-order chi connectivity index (χ1) is 16.4. The van der Waals surface area contributed by atoms with E-state index in [0.717, 1.165) is 23.7 Å². The monoisotopic (exact) mass is 459 g/mol. The number of nitrogens with zero attached hydrogens (tertiary/aromatic N) is 6. The summed E-state index contributed by atoms with van der Waals surface area (Å²) in [6, 6.07) is 6.49. The van der Waals surface area contributed by atoms with Gasteiger partial charge in [-0.25, -0.2) is 13.8 Å². The van der Waals surface area contributed by atoms with Crippen molar-refractivity contribution < 1.29 is 13.5 Å². The number of hydrogen-bond acceptors (Lipinski definition) is 6. The number of aromatic nitrogens is 5. The van der Waals surface area contributed by atoms with Crippen LogP contribution < -0.4 is 10.5 Å². The van der Waals surface area contributed by atoms with Crippen LogP contribution in [0.2, 0.25) is 0 Å². The SMILES string of the molecule is C[C@H]1Oc2cc(cnc2N)-c2c(C#N)nn3c2C(CC3)c2cn(C)nc2-c2ccc(F)c(F)c21. The summed E-state index contributed by atoms with van der Waals surface area (Å²) < 4.78 is 39.1. The van der Waals surface area contributed by atoms with Gasteiger partial charge < -0.3 is 10.5 Å². The molecule has 0 fully saturated rings. The van der Waals surface area contributed by atoms with Crippen molar-refractivity contribution >= 4 is 5.82 Å². The molecule has 0 saturated carbocycles. The number of pyridine rings is 1. The third kappa shape index (κ3) is 2.76. The second-order valence-corrected chi connectivity index (χ2v) is 8.58. The van der Waals surface area contributed by atoms with E-state index in [0.29, 0.717) is 28.9 Å². The molecule has 1 aromatic carbocycles. The molecule has 3 aromatic heterocycles. The molecule has 0 amide bonds. The van der Waals surface area contributed by atoms with E-state index in [-0.39, 0.29) is 28.7 Å². The van der Waals surface area contributed by atoms with E-state index in [2.05, 4.69) is 21.3 Å². The molecule has 34 heavy (non-hydrogen) atoms. The van der Waals surface area contributed by atoms with Gasteiger partial charge in [0.25, 0.3) is 0 Å². The molecule has 2 aliphatic rings. The number of fused-ring (bicyclic) bond motifs is 7. The van der Waals surface area contributed by atoms with Crippen molar-refractivity contribution in [3.63, 3.8) is 0 Å². The standard InChI is InChI=1S/C24H19F2N7O/c1-11-19-14(3-4-16(25)21(19)26)22-15(10-32(2)31-22)13-5-6-33-23(13)20(17(8-27)30-33)12-7-18(34-11)24(28)29-9-12/h3-4,7,9-11,13H,5-6H2,1-2H3,(H2,28,29)/t11-,13?/m1/s1. The zero-order valence-corrected chi connectivity index (χ0v) is 18.4. The van der Waals surface area contributed by atoms with Gasteiger partial charge >= 0.3 is 0 Å². The molecule has 0 saturated heterocycles. The number of benzene rings is 1. The summed E-state index contributed by atoms with van der Waals surface area (Å²) in [5.41, 5.74) is 10.3. The smallest absolute Gasteiger partial charge is 0.170 e. The van der Waals surface area contributed by atoms with Gasteiger partial charge in [-0.15, -0.1) is 0 Å². The van der Waals surface area contributed by atoms with E-state index in [1.54, 1.807) is 30.9 Å². The highest BCUT2D eigenvalue weighted by Gasteiger charge is 2.36. The summed E-state index contributed by atoms with van der Waals surface area (Å²) in [4.78, 5) is 4.26. The lowest BCUT2D eigenvalue weighted by molar-refractivity contribution is 0.221. The summed E-state index contributed by atoms with van der Waals surface area (Å²) in [6.45, 7) is 2.23. The van der Waals surface area contributed by atoms with Gasteiger partial charge in [0.1, 0.15) is 12.2 Å². The predicted molar refractivity (Wildman–Crippen MR) is 119 cm³/mol. The number of anilines is 1. The third-order valence-corrected chi connectivity index (χ3v) is 6.56.